The van der Waals surface area contributed by atoms with Gasteiger partial charge < -0.3 is 14.8 Å². The molecule has 2 atom stereocenters. The molecule has 2 aromatic rings. The van der Waals surface area contributed by atoms with E-state index in [0.717, 1.165) is 17.5 Å². The van der Waals surface area contributed by atoms with Gasteiger partial charge in [-0.15, -0.1) is 0 Å². The second kappa shape index (κ2) is 10.2. The van der Waals surface area contributed by atoms with Crippen LogP contribution < -0.4 is 5.32 Å². The van der Waals surface area contributed by atoms with Gasteiger partial charge in [0, 0.05) is 0 Å². The van der Waals surface area contributed by atoms with Crippen LogP contribution in [0.5, 0.6) is 0 Å². The van der Waals surface area contributed by atoms with Gasteiger partial charge in [-0.2, -0.15) is 0 Å². The van der Waals surface area contributed by atoms with E-state index in [9.17, 15) is 9.59 Å². The number of nitrogens with one attached hydrogen (secondary N) is 1. The van der Waals surface area contributed by atoms with Gasteiger partial charge in [0.1, 0.15) is 19.3 Å². The fraction of sp³-hybridized carbons (Fsp3) is 0.333. The van der Waals surface area contributed by atoms with Gasteiger partial charge in [0.25, 0.3) is 0 Å². The average molecular weight is 355 g/mol. The van der Waals surface area contributed by atoms with E-state index in [1.54, 1.807) is 0 Å². The van der Waals surface area contributed by atoms with Gasteiger partial charge in [0.2, 0.25) is 0 Å². The van der Waals surface area contributed by atoms with Gasteiger partial charge in [-0.1, -0.05) is 80.9 Å². The summed E-state index contributed by atoms with van der Waals surface area (Å²) in [6.07, 6.45) is 0.0974. The summed E-state index contributed by atoms with van der Waals surface area (Å²) < 4.78 is 10.6. The number of hydrogen-bond acceptors (Lipinski definition) is 4. The van der Waals surface area contributed by atoms with Crippen molar-refractivity contribution in [1.82, 2.24) is 5.32 Å². The summed E-state index contributed by atoms with van der Waals surface area (Å²) in [5.41, 5.74) is 1.78. The van der Waals surface area contributed by atoms with Crippen molar-refractivity contribution in [2.45, 2.75) is 39.5 Å². The zero-order valence-electron chi connectivity index (χ0n) is 15.2. The van der Waals surface area contributed by atoms with Crippen molar-refractivity contribution in [1.29, 1.82) is 0 Å². The number of ether oxygens (including phenoxy) is 2. The van der Waals surface area contributed by atoms with Crippen LogP contribution in [-0.4, -0.2) is 18.1 Å². The van der Waals surface area contributed by atoms with Gasteiger partial charge in [-0.25, -0.2) is 9.59 Å². The molecule has 0 heterocycles. The third kappa shape index (κ3) is 6.24. The van der Waals surface area contributed by atoms with Crippen LogP contribution in [0.2, 0.25) is 0 Å². The number of rotatable bonds is 8. The fourth-order valence-electron chi connectivity index (χ4n) is 2.38. The number of benzene rings is 2. The van der Waals surface area contributed by atoms with E-state index in [4.69, 9.17) is 9.47 Å². The molecular weight excluding hydrogens is 330 g/mol. The maximum Gasteiger partial charge on any atom is 0.408 e. The molecule has 26 heavy (non-hydrogen) atoms. The molecule has 0 unspecified atom stereocenters. The molecule has 0 aliphatic carbocycles. The Labute approximate surface area is 154 Å². The van der Waals surface area contributed by atoms with Crippen molar-refractivity contribution < 1.29 is 19.1 Å². The molecule has 0 aliphatic rings. The molecule has 0 fully saturated rings. The van der Waals surface area contributed by atoms with Crippen LogP contribution in [0.25, 0.3) is 0 Å². The van der Waals surface area contributed by atoms with Crippen LogP contribution in [0.15, 0.2) is 60.7 Å². The predicted molar refractivity (Wildman–Crippen MR) is 99.2 cm³/mol. The Balaban J connectivity index is 1.89. The minimum atomic E-state index is -0.744. The normalized spacial score (nSPS) is 12.7. The monoisotopic (exact) mass is 355 g/mol. The molecule has 0 saturated carbocycles. The van der Waals surface area contributed by atoms with E-state index < -0.39 is 18.1 Å². The molecule has 0 spiro atoms. The highest BCUT2D eigenvalue weighted by Gasteiger charge is 2.28. The maximum atomic E-state index is 12.4. The Kier molecular flexibility index (Phi) is 7.68. The van der Waals surface area contributed by atoms with Crippen LogP contribution in [-0.2, 0) is 27.5 Å². The fourth-order valence-corrected chi connectivity index (χ4v) is 2.38. The first-order valence-electron chi connectivity index (χ1n) is 8.78. The Bertz CT molecular complexity index is 688. The molecule has 1 amide bonds. The Morgan fingerprint density at radius 1 is 0.885 bits per heavy atom. The van der Waals surface area contributed by atoms with Crippen molar-refractivity contribution in [3.05, 3.63) is 71.8 Å². The maximum absolute atomic E-state index is 12.4. The van der Waals surface area contributed by atoms with Crippen molar-refractivity contribution in [3.8, 4) is 0 Å². The van der Waals surface area contributed by atoms with Crippen molar-refractivity contribution in [2.75, 3.05) is 0 Å². The minimum Gasteiger partial charge on any atom is -0.459 e. The average Bonchev–Trinajstić information content (AvgIpc) is 2.69. The minimum absolute atomic E-state index is 0.0671. The number of amides is 1. The third-order valence-electron chi connectivity index (χ3n) is 4.18. The summed E-state index contributed by atoms with van der Waals surface area (Å²) in [6, 6.07) is 18.1. The first-order valence-corrected chi connectivity index (χ1v) is 8.78. The van der Waals surface area contributed by atoms with E-state index in [2.05, 4.69) is 5.32 Å². The molecule has 1 N–H and O–H groups in total. The highest BCUT2D eigenvalue weighted by Crippen LogP contribution is 2.12. The van der Waals surface area contributed by atoms with Gasteiger partial charge in [-0.3, -0.25) is 0 Å². The number of alkyl carbamates (subject to hydrolysis) is 1. The number of carbonyl (C=O) groups excluding carboxylic acids is 2. The second-order valence-corrected chi connectivity index (χ2v) is 6.16. The van der Waals surface area contributed by atoms with Crippen molar-refractivity contribution >= 4 is 12.1 Å². The zero-order chi connectivity index (χ0) is 18.8. The third-order valence-corrected chi connectivity index (χ3v) is 4.18. The number of esters is 1. The highest BCUT2D eigenvalue weighted by molar-refractivity contribution is 5.81. The standard InChI is InChI=1S/C21H25NO4/c1-3-16(2)19(20(23)25-14-17-10-6-4-7-11-17)22-21(24)26-15-18-12-8-5-9-13-18/h4-13,16,19H,3,14-15H2,1-2H3,(H,22,24)/t16-,19+/m0/s1. The van der Waals surface area contributed by atoms with E-state index in [1.807, 2.05) is 74.5 Å². The van der Waals surface area contributed by atoms with Crippen LogP contribution >= 0.6 is 0 Å². The van der Waals surface area contributed by atoms with E-state index >= 15 is 0 Å². The topological polar surface area (TPSA) is 64.6 Å². The lowest BCUT2D eigenvalue weighted by molar-refractivity contribution is -0.148. The quantitative estimate of drug-likeness (QED) is 0.725. The molecule has 138 valence electrons. The summed E-state index contributed by atoms with van der Waals surface area (Å²) in [5.74, 6) is -0.526. The number of hydrogen-bond donors (Lipinski definition) is 1. The van der Waals surface area contributed by atoms with Crippen LogP contribution in [0.4, 0.5) is 4.79 Å². The molecule has 0 saturated heterocycles. The van der Waals surface area contributed by atoms with Gasteiger partial charge in [0.15, 0.2) is 0 Å². The molecule has 5 heteroatoms. The van der Waals surface area contributed by atoms with Crippen LogP contribution in [0.3, 0.4) is 0 Å². The Morgan fingerprint density at radius 3 is 1.88 bits per heavy atom. The smallest absolute Gasteiger partial charge is 0.408 e. The van der Waals surface area contributed by atoms with Gasteiger partial charge in [-0.05, 0) is 17.0 Å². The lowest BCUT2D eigenvalue weighted by Crippen LogP contribution is -2.46. The largest absolute Gasteiger partial charge is 0.459 e. The molecule has 2 rings (SSSR count). The van der Waals surface area contributed by atoms with E-state index in [0.29, 0.717) is 0 Å². The van der Waals surface area contributed by atoms with Crippen molar-refractivity contribution in [3.63, 3.8) is 0 Å². The van der Waals surface area contributed by atoms with Crippen molar-refractivity contribution in [2.24, 2.45) is 5.92 Å². The van der Waals surface area contributed by atoms with E-state index in [-0.39, 0.29) is 19.1 Å². The molecule has 0 aliphatic heterocycles. The molecule has 0 bridgehead atoms. The van der Waals surface area contributed by atoms with Crippen LogP contribution in [0.1, 0.15) is 31.4 Å². The molecule has 2 aromatic carbocycles. The summed E-state index contributed by atoms with van der Waals surface area (Å²) >= 11 is 0. The van der Waals surface area contributed by atoms with Gasteiger partial charge >= 0.3 is 12.1 Å². The molecule has 0 aromatic heterocycles. The summed E-state index contributed by atoms with van der Waals surface area (Å²) in [6.45, 7) is 4.18. The molecule has 5 nitrogen and oxygen atoms in total. The van der Waals surface area contributed by atoms with Crippen LogP contribution in [0, 0.1) is 5.92 Å². The highest BCUT2D eigenvalue weighted by atomic mass is 16.6. The summed E-state index contributed by atoms with van der Waals surface area (Å²) in [7, 11) is 0. The number of carbonyl (C=O) groups is 2. The van der Waals surface area contributed by atoms with Gasteiger partial charge in [0.05, 0.1) is 0 Å². The first kappa shape index (κ1) is 19.5. The molecule has 0 radical (unpaired) electrons. The van der Waals surface area contributed by atoms with E-state index in [1.165, 1.54) is 0 Å². The Hall–Kier alpha value is -2.82. The second-order valence-electron chi connectivity index (χ2n) is 6.16. The predicted octanol–water partition coefficient (Wildman–Crippen LogP) is 4.07. The first-order chi connectivity index (χ1) is 12.6. The summed E-state index contributed by atoms with van der Waals surface area (Å²) in [4.78, 5) is 24.5. The lowest BCUT2D eigenvalue weighted by Gasteiger charge is -2.22. The summed E-state index contributed by atoms with van der Waals surface area (Å²) in [5, 5.41) is 2.64. The molecular formula is C21H25NO4. The Morgan fingerprint density at radius 2 is 1.38 bits per heavy atom. The SMILES string of the molecule is CC[C@H](C)[C@@H](NC(=O)OCc1ccccc1)C(=O)OCc1ccccc1. The lowest BCUT2D eigenvalue weighted by atomic mass is 9.99. The zero-order valence-corrected chi connectivity index (χ0v) is 15.2.